The molecule has 5 heteroatoms. The molecule has 0 saturated heterocycles. The number of hydrogen-bond donors (Lipinski definition) is 1. The van der Waals surface area contributed by atoms with Gasteiger partial charge in [0.25, 0.3) is 5.91 Å². The molecular formula is C31H28N2O3. The summed E-state index contributed by atoms with van der Waals surface area (Å²) in [6.45, 7) is 6.30. The number of methoxy groups -OCH3 is 1. The lowest BCUT2D eigenvalue weighted by atomic mass is 10.0. The van der Waals surface area contributed by atoms with Gasteiger partial charge in [0.2, 0.25) is 0 Å². The lowest BCUT2D eigenvalue weighted by Crippen LogP contribution is -2.14. The maximum Gasteiger partial charge on any atom is 0.266 e. The number of rotatable bonds is 7. The normalized spacial score (nSPS) is 11.1. The van der Waals surface area contributed by atoms with Crippen LogP contribution in [0.25, 0.3) is 16.8 Å². The number of benzene rings is 4. The van der Waals surface area contributed by atoms with Gasteiger partial charge in [0.1, 0.15) is 29.7 Å². The minimum Gasteiger partial charge on any atom is -0.497 e. The molecule has 0 spiro atoms. The maximum absolute atomic E-state index is 12.9. The highest BCUT2D eigenvalue weighted by molar-refractivity contribution is 6.10. The monoisotopic (exact) mass is 476 g/mol. The van der Waals surface area contributed by atoms with Crippen LogP contribution in [0, 0.1) is 32.1 Å². The van der Waals surface area contributed by atoms with Gasteiger partial charge in [0.15, 0.2) is 0 Å². The molecule has 4 aromatic carbocycles. The third-order valence-corrected chi connectivity index (χ3v) is 6.16. The Morgan fingerprint density at radius 1 is 0.972 bits per heavy atom. The number of anilines is 1. The van der Waals surface area contributed by atoms with E-state index >= 15 is 0 Å². The molecule has 0 bridgehead atoms. The van der Waals surface area contributed by atoms with Gasteiger partial charge in [-0.25, -0.2) is 0 Å². The Labute approximate surface area is 211 Å². The number of fused-ring (bicyclic) bond motifs is 1. The highest BCUT2D eigenvalue weighted by Crippen LogP contribution is 2.30. The largest absolute Gasteiger partial charge is 0.497 e. The number of ether oxygens (including phenoxy) is 2. The minimum atomic E-state index is -0.476. The van der Waals surface area contributed by atoms with Crippen molar-refractivity contribution >= 4 is 28.4 Å². The second-order valence-corrected chi connectivity index (χ2v) is 8.72. The standard InChI is InChI=1S/C31H28N2O3/c1-20-9-14-29(22(3)15-20)33-31(34)25(18-32)16-24-12-13-26(35-4)17-30(24)36-19-28-21(2)10-11-23-7-5-6-8-27(23)28/h5-17H,19H2,1-4H3,(H,33,34)/b25-16+. The van der Waals surface area contributed by atoms with E-state index in [1.807, 2.05) is 50.2 Å². The van der Waals surface area contributed by atoms with Crippen LogP contribution in [0.1, 0.15) is 27.8 Å². The van der Waals surface area contributed by atoms with Gasteiger partial charge in [-0.3, -0.25) is 4.79 Å². The summed E-state index contributed by atoms with van der Waals surface area (Å²) < 4.78 is 11.7. The summed E-state index contributed by atoms with van der Waals surface area (Å²) in [4.78, 5) is 12.9. The molecule has 36 heavy (non-hydrogen) atoms. The first-order chi connectivity index (χ1) is 17.4. The Balaban J connectivity index is 1.64. The van der Waals surface area contributed by atoms with Gasteiger partial charge in [-0.2, -0.15) is 5.26 Å². The second-order valence-electron chi connectivity index (χ2n) is 8.72. The van der Waals surface area contributed by atoms with E-state index in [0.717, 1.165) is 33.0 Å². The Kier molecular flexibility index (Phi) is 7.36. The highest BCUT2D eigenvalue weighted by Gasteiger charge is 2.14. The van der Waals surface area contributed by atoms with E-state index in [0.29, 0.717) is 29.4 Å². The maximum atomic E-state index is 12.9. The van der Waals surface area contributed by atoms with Crippen molar-refractivity contribution in [1.82, 2.24) is 0 Å². The van der Waals surface area contributed by atoms with Crippen LogP contribution in [-0.4, -0.2) is 13.0 Å². The van der Waals surface area contributed by atoms with Gasteiger partial charge in [0.05, 0.1) is 7.11 Å². The summed E-state index contributed by atoms with van der Waals surface area (Å²) in [6, 6.07) is 25.5. The van der Waals surface area contributed by atoms with Crippen LogP contribution in [0.5, 0.6) is 11.5 Å². The average molecular weight is 477 g/mol. The Morgan fingerprint density at radius 2 is 1.78 bits per heavy atom. The number of aryl methyl sites for hydroxylation is 3. The first kappa shape index (κ1) is 24.6. The SMILES string of the molecule is COc1ccc(/C=C(\C#N)C(=O)Nc2ccc(C)cc2C)c(OCc2c(C)ccc3ccccc23)c1. The number of nitrogens with zero attached hydrogens (tertiary/aromatic N) is 1. The minimum absolute atomic E-state index is 0.0219. The predicted molar refractivity (Wildman–Crippen MR) is 144 cm³/mol. The molecule has 180 valence electrons. The second kappa shape index (κ2) is 10.8. The van der Waals surface area contributed by atoms with E-state index in [9.17, 15) is 10.1 Å². The van der Waals surface area contributed by atoms with Gasteiger partial charge in [-0.15, -0.1) is 0 Å². The fourth-order valence-corrected chi connectivity index (χ4v) is 4.12. The van der Waals surface area contributed by atoms with E-state index in [4.69, 9.17) is 9.47 Å². The number of carbonyl (C=O) groups excluding carboxylic acids is 1. The van der Waals surface area contributed by atoms with Crippen molar-refractivity contribution in [2.45, 2.75) is 27.4 Å². The van der Waals surface area contributed by atoms with Gasteiger partial charge in [0, 0.05) is 22.9 Å². The Bertz CT molecular complexity index is 1510. The molecule has 1 N–H and O–H groups in total. The summed E-state index contributed by atoms with van der Waals surface area (Å²) in [6.07, 6.45) is 1.55. The number of nitrogens with one attached hydrogen (secondary N) is 1. The lowest BCUT2D eigenvalue weighted by molar-refractivity contribution is -0.112. The summed E-state index contributed by atoms with van der Waals surface area (Å²) in [5, 5.41) is 14.9. The fraction of sp³-hybridized carbons (Fsp3) is 0.161. The van der Waals surface area contributed by atoms with Gasteiger partial charge in [-0.1, -0.05) is 54.1 Å². The molecule has 0 aliphatic rings. The number of carbonyl (C=O) groups is 1. The van der Waals surface area contributed by atoms with Crippen molar-refractivity contribution in [2.75, 3.05) is 12.4 Å². The zero-order chi connectivity index (χ0) is 25.7. The van der Waals surface area contributed by atoms with Crippen LogP contribution in [-0.2, 0) is 11.4 Å². The Hall–Kier alpha value is -4.56. The van der Waals surface area contributed by atoms with Crippen LogP contribution < -0.4 is 14.8 Å². The van der Waals surface area contributed by atoms with E-state index in [-0.39, 0.29) is 5.57 Å². The van der Waals surface area contributed by atoms with Gasteiger partial charge < -0.3 is 14.8 Å². The molecule has 0 radical (unpaired) electrons. The molecule has 0 saturated carbocycles. The van der Waals surface area contributed by atoms with Gasteiger partial charge >= 0.3 is 0 Å². The molecule has 4 rings (SSSR count). The van der Waals surface area contributed by atoms with E-state index in [1.54, 1.807) is 31.4 Å². The van der Waals surface area contributed by atoms with Crippen molar-refractivity contribution in [3.63, 3.8) is 0 Å². The zero-order valence-corrected chi connectivity index (χ0v) is 20.9. The topological polar surface area (TPSA) is 71.3 Å². The van der Waals surface area contributed by atoms with Crippen molar-refractivity contribution in [3.05, 3.63) is 106 Å². The molecule has 0 unspecified atom stereocenters. The third-order valence-electron chi connectivity index (χ3n) is 6.16. The molecule has 0 heterocycles. The van der Waals surface area contributed by atoms with Crippen LogP contribution in [0.15, 0.2) is 78.4 Å². The van der Waals surface area contributed by atoms with Crippen molar-refractivity contribution < 1.29 is 14.3 Å². The molecule has 0 aliphatic carbocycles. The molecule has 0 atom stereocenters. The fourth-order valence-electron chi connectivity index (χ4n) is 4.12. The van der Waals surface area contributed by atoms with Crippen molar-refractivity contribution in [1.29, 1.82) is 5.26 Å². The molecule has 0 aromatic heterocycles. The smallest absolute Gasteiger partial charge is 0.266 e. The van der Waals surface area contributed by atoms with Crippen LogP contribution in [0.4, 0.5) is 5.69 Å². The Morgan fingerprint density at radius 3 is 2.53 bits per heavy atom. The van der Waals surface area contributed by atoms with Crippen molar-refractivity contribution in [3.8, 4) is 17.6 Å². The lowest BCUT2D eigenvalue weighted by Gasteiger charge is -2.15. The van der Waals surface area contributed by atoms with E-state index in [1.165, 1.54) is 0 Å². The molecule has 0 aliphatic heterocycles. The predicted octanol–water partition coefficient (Wildman–Crippen LogP) is 6.90. The highest BCUT2D eigenvalue weighted by atomic mass is 16.5. The first-order valence-electron chi connectivity index (χ1n) is 11.7. The number of nitriles is 1. The number of hydrogen-bond acceptors (Lipinski definition) is 4. The first-order valence-corrected chi connectivity index (χ1v) is 11.7. The third kappa shape index (κ3) is 5.39. The molecule has 5 nitrogen and oxygen atoms in total. The van der Waals surface area contributed by atoms with Crippen molar-refractivity contribution in [2.24, 2.45) is 0 Å². The van der Waals surface area contributed by atoms with E-state index < -0.39 is 5.91 Å². The quantitative estimate of drug-likeness (QED) is 0.233. The molecule has 1 amide bonds. The summed E-state index contributed by atoms with van der Waals surface area (Å²) in [5.74, 6) is 0.667. The number of amides is 1. The van der Waals surface area contributed by atoms with Crippen LogP contribution >= 0.6 is 0 Å². The molecular weight excluding hydrogens is 448 g/mol. The molecule has 4 aromatic rings. The average Bonchev–Trinajstić information content (AvgIpc) is 2.88. The van der Waals surface area contributed by atoms with Crippen LogP contribution in [0.2, 0.25) is 0 Å². The van der Waals surface area contributed by atoms with E-state index in [2.05, 4.69) is 36.5 Å². The zero-order valence-electron chi connectivity index (χ0n) is 20.9. The molecule has 0 fully saturated rings. The van der Waals surface area contributed by atoms with Gasteiger partial charge in [-0.05, 0) is 66.9 Å². The summed E-state index contributed by atoms with van der Waals surface area (Å²) >= 11 is 0. The summed E-state index contributed by atoms with van der Waals surface area (Å²) in [5.41, 5.74) is 5.50. The summed E-state index contributed by atoms with van der Waals surface area (Å²) in [7, 11) is 1.58. The van der Waals surface area contributed by atoms with Crippen LogP contribution in [0.3, 0.4) is 0 Å².